The Bertz CT molecular complexity index is 1080. The van der Waals surface area contributed by atoms with Crippen LogP contribution in [-0.4, -0.2) is 53.0 Å². The van der Waals surface area contributed by atoms with E-state index >= 15 is 0 Å². The number of carbonyl (C=O) groups excluding carboxylic acids is 2. The Kier molecular flexibility index (Phi) is 6.87. The number of aryl methyl sites for hydroxylation is 2. The number of piperidine rings is 1. The molecule has 7 nitrogen and oxygen atoms in total. The lowest BCUT2D eigenvalue weighted by atomic mass is 9.96. The number of nitrogens with zero attached hydrogens (tertiary/aromatic N) is 2. The molecule has 1 aliphatic rings. The molecule has 2 heterocycles. The minimum absolute atomic E-state index is 0.102. The summed E-state index contributed by atoms with van der Waals surface area (Å²) in [4.78, 5) is 27.3. The van der Waals surface area contributed by atoms with Gasteiger partial charge in [-0.15, -0.1) is 0 Å². The molecular weight excluding hydrogens is 402 g/mol. The molecule has 0 bridgehead atoms. The third-order valence-electron chi connectivity index (χ3n) is 6.30. The standard InChI is InChI=1S/C25H31N5O2/c26-12-15-29-13-11-20(17-22(29)24(27)31)28-25(32)23-16-19-8-4-5-9-21(19)30(23)14-10-18-6-2-1-3-7-18/h1-9,16,20,22H,10-15,17,26H2,(H2,27,31)(H,28,32). The van der Waals surface area contributed by atoms with E-state index in [1.54, 1.807) is 0 Å². The number of para-hydroxylation sites is 1. The fourth-order valence-corrected chi connectivity index (χ4v) is 4.66. The van der Waals surface area contributed by atoms with Crippen molar-refractivity contribution in [1.82, 2.24) is 14.8 Å². The largest absolute Gasteiger partial charge is 0.368 e. The molecule has 1 aromatic heterocycles. The van der Waals surface area contributed by atoms with Crippen LogP contribution < -0.4 is 16.8 Å². The van der Waals surface area contributed by atoms with Crippen LogP contribution in [0, 0.1) is 0 Å². The minimum atomic E-state index is -0.401. The Morgan fingerprint density at radius 1 is 1.03 bits per heavy atom. The van der Waals surface area contributed by atoms with Crippen LogP contribution in [0.2, 0.25) is 0 Å². The lowest BCUT2D eigenvalue weighted by Crippen LogP contribution is -2.55. The van der Waals surface area contributed by atoms with Gasteiger partial charge in [-0.2, -0.15) is 0 Å². The van der Waals surface area contributed by atoms with Crippen molar-refractivity contribution < 1.29 is 9.59 Å². The van der Waals surface area contributed by atoms with Gasteiger partial charge in [-0.25, -0.2) is 0 Å². The quantitative estimate of drug-likeness (QED) is 0.504. The van der Waals surface area contributed by atoms with E-state index in [1.165, 1.54) is 5.56 Å². The highest BCUT2D eigenvalue weighted by molar-refractivity contribution is 5.99. The Morgan fingerprint density at radius 2 is 1.78 bits per heavy atom. The minimum Gasteiger partial charge on any atom is -0.368 e. The van der Waals surface area contributed by atoms with E-state index in [9.17, 15) is 9.59 Å². The zero-order valence-electron chi connectivity index (χ0n) is 18.2. The molecule has 0 radical (unpaired) electrons. The number of likely N-dealkylation sites (tertiary alicyclic amines) is 1. The van der Waals surface area contributed by atoms with E-state index in [4.69, 9.17) is 11.5 Å². The molecular formula is C25H31N5O2. The van der Waals surface area contributed by atoms with Gasteiger partial charge in [0.1, 0.15) is 5.69 Å². The van der Waals surface area contributed by atoms with Crippen LogP contribution in [-0.2, 0) is 17.8 Å². The van der Waals surface area contributed by atoms with Crippen LogP contribution in [0.15, 0.2) is 60.7 Å². The van der Waals surface area contributed by atoms with Crippen molar-refractivity contribution >= 4 is 22.7 Å². The predicted octanol–water partition coefficient (Wildman–Crippen LogP) is 1.89. The number of rotatable bonds is 8. The molecule has 1 fully saturated rings. The summed E-state index contributed by atoms with van der Waals surface area (Å²) in [5.74, 6) is -0.482. The van der Waals surface area contributed by atoms with Gasteiger partial charge in [0.2, 0.25) is 5.91 Å². The second kappa shape index (κ2) is 9.97. The van der Waals surface area contributed by atoms with Crippen molar-refractivity contribution in [3.8, 4) is 0 Å². The lowest BCUT2D eigenvalue weighted by molar-refractivity contribution is -0.124. The van der Waals surface area contributed by atoms with Crippen LogP contribution in [0.3, 0.4) is 0 Å². The molecule has 2 unspecified atom stereocenters. The number of hydrogen-bond donors (Lipinski definition) is 3. The van der Waals surface area contributed by atoms with E-state index < -0.39 is 6.04 Å². The molecule has 2 aromatic carbocycles. The topological polar surface area (TPSA) is 106 Å². The smallest absolute Gasteiger partial charge is 0.268 e. The molecule has 0 spiro atoms. The maximum atomic E-state index is 13.3. The molecule has 2 atom stereocenters. The zero-order chi connectivity index (χ0) is 22.5. The highest BCUT2D eigenvalue weighted by Crippen LogP contribution is 2.22. The predicted molar refractivity (Wildman–Crippen MR) is 126 cm³/mol. The molecule has 0 aliphatic carbocycles. The third kappa shape index (κ3) is 4.84. The van der Waals surface area contributed by atoms with E-state index in [-0.39, 0.29) is 17.9 Å². The van der Waals surface area contributed by atoms with E-state index in [0.29, 0.717) is 38.3 Å². The van der Waals surface area contributed by atoms with Gasteiger partial charge >= 0.3 is 0 Å². The van der Waals surface area contributed by atoms with Crippen LogP contribution in [0.5, 0.6) is 0 Å². The SMILES string of the molecule is NCCN1CCC(NC(=O)c2cc3ccccc3n2CCc2ccccc2)CC1C(N)=O. The molecule has 4 rings (SSSR count). The fourth-order valence-electron chi connectivity index (χ4n) is 4.66. The van der Waals surface area contributed by atoms with Gasteiger partial charge in [0.05, 0.1) is 6.04 Å². The van der Waals surface area contributed by atoms with E-state index in [0.717, 1.165) is 23.7 Å². The van der Waals surface area contributed by atoms with Gasteiger partial charge in [-0.1, -0.05) is 48.5 Å². The van der Waals surface area contributed by atoms with Crippen molar-refractivity contribution in [1.29, 1.82) is 0 Å². The van der Waals surface area contributed by atoms with Crippen molar-refractivity contribution in [2.24, 2.45) is 11.5 Å². The van der Waals surface area contributed by atoms with Crippen LogP contribution >= 0.6 is 0 Å². The van der Waals surface area contributed by atoms with E-state index in [1.807, 2.05) is 53.4 Å². The number of benzene rings is 2. The lowest BCUT2D eigenvalue weighted by Gasteiger charge is -2.37. The Hall–Kier alpha value is -3.16. The number of carbonyl (C=O) groups is 2. The van der Waals surface area contributed by atoms with Gasteiger partial charge < -0.3 is 21.4 Å². The third-order valence-corrected chi connectivity index (χ3v) is 6.30. The number of amides is 2. The number of fused-ring (bicyclic) bond motifs is 1. The monoisotopic (exact) mass is 433 g/mol. The Balaban J connectivity index is 1.52. The number of aromatic nitrogens is 1. The normalized spacial score (nSPS) is 19.2. The fraction of sp³-hybridized carbons (Fsp3) is 0.360. The van der Waals surface area contributed by atoms with Crippen molar-refractivity contribution in [3.63, 3.8) is 0 Å². The van der Waals surface area contributed by atoms with Crippen molar-refractivity contribution in [2.75, 3.05) is 19.6 Å². The average Bonchev–Trinajstić information content (AvgIpc) is 3.18. The summed E-state index contributed by atoms with van der Waals surface area (Å²) in [6.07, 6.45) is 2.10. The molecule has 0 saturated carbocycles. The highest BCUT2D eigenvalue weighted by Gasteiger charge is 2.32. The van der Waals surface area contributed by atoms with Gasteiger partial charge in [-0.05, 0) is 37.0 Å². The maximum Gasteiger partial charge on any atom is 0.268 e. The molecule has 1 saturated heterocycles. The van der Waals surface area contributed by atoms with Crippen LogP contribution in [0.25, 0.3) is 10.9 Å². The summed E-state index contributed by atoms with van der Waals surface area (Å²) >= 11 is 0. The number of primary amides is 1. The average molecular weight is 434 g/mol. The maximum absolute atomic E-state index is 13.3. The van der Waals surface area contributed by atoms with Crippen LogP contribution in [0.4, 0.5) is 0 Å². The van der Waals surface area contributed by atoms with Gasteiger partial charge in [0.15, 0.2) is 0 Å². The number of nitrogens with two attached hydrogens (primary N) is 2. The van der Waals surface area contributed by atoms with E-state index in [2.05, 4.69) is 22.0 Å². The van der Waals surface area contributed by atoms with Gasteiger partial charge in [-0.3, -0.25) is 14.5 Å². The van der Waals surface area contributed by atoms with Gasteiger partial charge in [0.25, 0.3) is 5.91 Å². The summed E-state index contributed by atoms with van der Waals surface area (Å²) in [6, 6.07) is 19.8. The summed E-state index contributed by atoms with van der Waals surface area (Å²) in [6.45, 7) is 2.50. The molecule has 168 valence electrons. The second-order valence-electron chi connectivity index (χ2n) is 8.41. The van der Waals surface area contributed by atoms with Crippen molar-refractivity contribution in [3.05, 3.63) is 71.9 Å². The summed E-state index contributed by atoms with van der Waals surface area (Å²) in [5.41, 5.74) is 14.2. The molecule has 32 heavy (non-hydrogen) atoms. The Morgan fingerprint density at radius 3 is 2.53 bits per heavy atom. The molecule has 5 N–H and O–H groups in total. The highest BCUT2D eigenvalue weighted by atomic mass is 16.2. The first-order valence-corrected chi connectivity index (χ1v) is 11.2. The van der Waals surface area contributed by atoms with Gasteiger partial charge in [0, 0.05) is 43.1 Å². The Labute approximate surface area is 188 Å². The molecule has 3 aromatic rings. The first-order chi connectivity index (χ1) is 15.6. The first-order valence-electron chi connectivity index (χ1n) is 11.2. The first kappa shape index (κ1) is 22.0. The summed E-state index contributed by atoms with van der Waals surface area (Å²) in [5, 5.41) is 4.20. The zero-order valence-corrected chi connectivity index (χ0v) is 18.2. The molecule has 1 aliphatic heterocycles. The summed E-state index contributed by atoms with van der Waals surface area (Å²) in [7, 11) is 0. The second-order valence-corrected chi connectivity index (χ2v) is 8.41. The summed E-state index contributed by atoms with van der Waals surface area (Å²) < 4.78 is 2.09. The van der Waals surface area contributed by atoms with Crippen molar-refractivity contribution in [2.45, 2.75) is 37.9 Å². The molecule has 2 amide bonds. The number of hydrogen-bond acceptors (Lipinski definition) is 4. The molecule has 7 heteroatoms. The number of nitrogens with one attached hydrogen (secondary N) is 1. The van der Waals surface area contributed by atoms with Crippen LogP contribution in [0.1, 0.15) is 28.9 Å².